The SMILES string of the molecule is CC1(C)Oc2ccc(-c3csc(Cn4nc(CC5OCCCO5)c5ccccc5c4=O)n3)cc2O1. The number of nitrogens with zero attached hydrogens (tertiary/aromatic N) is 3. The van der Waals surface area contributed by atoms with E-state index >= 15 is 0 Å². The van der Waals surface area contributed by atoms with Crippen molar-refractivity contribution < 1.29 is 18.9 Å². The molecule has 6 rings (SSSR count). The molecule has 4 aromatic rings. The van der Waals surface area contributed by atoms with Gasteiger partial charge in [-0.1, -0.05) is 18.2 Å². The molecule has 0 atom stereocenters. The van der Waals surface area contributed by atoms with Crippen molar-refractivity contribution >= 4 is 22.1 Å². The predicted molar refractivity (Wildman–Crippen MR) is 132 cm³/mol. The Morgan fingerprint density at radius 1 is 1.06 bits per heavy atom. The Labute approximate surface area is 206 Å². The summed E-state index contributed by atoms with van der Waals surface area (Å²) in [4.78, 5) is 18.0. The fraction of sp³-hybridized carbons (Fsp3) is 0.346. The predicted octanol–water partition coefficient (Wildman–Crippen LogP) is 4.38. The van der Waals surface area contributed by atoms with Gasteiger partial charge >= 0.3 is 0 Å². The molecule has 2 aliphatic rings. The van der Waals surface area contributed by atoms with Gasteiger partial charge in [-0.25, -0.2) is 9.67 Å². The van der Waals surface area contributed by atoms with Crippen molar-refractivity contribution in [1.82, 2.24) is 14.8 Å². The van der Waals surface area contributed by atoms with Gasteiger partial charge in [-0.3, -0.25) is 4.79 Å². The third-order valence-electron chi connectivity index (χ3n) is 5.99. The summed E-state index contributed by atoms with van der Waals surface area (Å²) in [6.45, 7) is 5.37. The molecule has 8 nitrogen and oxygen atoms in total. The van der Waals surface area contributed by atoms with Crippen molar-refractivity contribution in [3.05, 3.63) is 68.9 Å². The summed E-state index contributed by atoms with van der Waals surface area (Å²) < 4.78 is 24.6. The van der Waals surface area contributed by atoms with E-state index in [9.17, 15) is 4.79 Å². The fourth-order valence-corrected chi connectivity index (χ4v) is 5.19. The van der Waals surface area contributed by atoms with E-state index in [4.69, 9.17) is 29.0 Å². The van der Waals surface area contributed by atoms with E-state index in [-0.39, 0.29) is 18.4 Å². The molecule has 0 amide bonds. The summed E-state index contributed by atoms with van der Waals surface area (Å²) >= 11 is 1.50. The molecule has 1 fully saturated rings. The third kappa shape index (κ3) is 4.42. The van der Waals surface area contributed by atoms with E-state index in [1.807, 2.05) is 61.7 Å². The summed E-state index contributed by atoms with van der Waals surface area (Å²) in [6, 6.07) is 13.3. The van der Waals surface area contributed by atoms with Gasteiger partial charge < -0.3 is 18.9 Å². The van der Waals surface area contributed by atoms with Crippen LogP contribution in [0.15, 0.2) is 52.6 Å². The summed E-state index contributed by atoms with van der Waals surface area (Å²) in [7, 11) is 0. The van der Waals surface area contributed by atoms with Gasteiger partial charge in [-0.2, -0.15) is 5.10 Å². The molecule has 35 heavy (non-hydrogen) atoms. The summed E-state index contributed by atoms with van der Waals surface area (Å²) in [5.41, 5.74) is 2.39. The third-order valence-corrected chi connectivity index (χ3v) is 6.82. The molecule has 0 radical (unpaired) electrons. The smallest absolute Gasteiger partial charge is 0.275 e. The van der Waals surface area contributed by atoms with Crippen LogP contribution in [0.25, 0.3) is 22.0 Å². The Morgan fingerprint density at radius 3 is 2.66 bits per heavy atom. The second-order valence-electron chi connectivity index (χ2n) is 9.08. The largest absolute Gasteiger partial charge is 0.449 e. The molecule has 0 bridgehead atoms. The van der Waals surface area contributed by atoms with Crippen molar-refractivity contribution in [2.45, 2.75) is 45.3 Å². The van der Waals surface area contributed by atoms with E-state index in [0.29, 0.717) is 30.8 Å². The maximum atomic E-state index is 13.2. The number of aromatic nitrogens is 3. The van der Waals surface area contributed by atoms with Gasteiger partial charge in [0, 0.05) is 36.6 Å². The Bertz CT molecular complexity index is 1460. The lowest BCUT2D eigenvalue weighted by atomic mass is 10.1. The van der Waals surface area contributed by atoms with E-state index in [1.54, 1.807) is 0 Å². The van der Waals surface area contributed by atoms with Gasteiger partial charge in [0.1, 0.15) is 5.01 Å². The Balaban J connectivity index is 1.30. The second kappa shape index (κ2) is 8.75. The molecule has 0 aliphatic carbocycles. The van der Waals surface area contributed by atoms with E-state index in [1.165, 1.54) is 16.0 Å². The Hall–Kier alpha value is -3.27. The van der Waals surface area contributed by atoms with Crippen molar-refractivity contribution in [1.29, 1.82) is 0 Å². The van der Waals surface area contributed by atoms with E-state index in [2.05, 4.69) is 0 Å². The van der Waals surface area contributed by atoms with Crippen molar-refractivity contribution in [3.63, 3.8) is 0 Å². The molecule has 180 valence electrons. The molecule has 2 aliphatic heterocycles. The molecular weight excluding hydrogens is 466 g/mol. The highest BCUT2D eigenvalue weighted by atomic mass is 32.1. The van der Waals surface area contributed by atoms with Crippen LogP contribution >= 0.6 is 11.3 Å². The zero-order valence-corrected chi connectivity index (χ0v) is 20.3. The number of fused-ring (bicyclic) bond motifs is 2. The maximum Gasteiger partial charge on any atom is 0.275 e. The minimum Gasteiger partial charge on any atom is -0.449 e. The molecule has 2 aromatic heterocycles. The van der Waals surface area contributed by atoms with Crippen LogP contribution < -0.4 is 15.0 Å². The van der Waals surface area contributed by atoms with Crippen LogP contribution in [0.2, 0.25) is 0 Å². The van der Waals surface area contributed by atoms with Crippen LogP contribution in [0, 0.1) is 0 Å². The normalized spacial score (nSPS) is 17.2. The van der Waals surface area contributed by atoms with Crippen LogP contribution in [0.5, 0.6) is 11.5 Å². The first-order valence-electron chi connectivity index (χ1n) is 11.6. The lowest BCUT2D eigenvalue weighted by molar-refractivity contribution is -0.177. The second-order valence-corrected chi connectivity index (χ2v) is 10.0. The Morgan fingerprint density at radius 2 is 1.83 bits per heavy atom. The monoisotopic (exact) mass is 491 g/mol. The van der Waals surface area contributed by atoms with Gasteiger partial charge in [-0.05, 0) is 30.7 Å². The Kier molecular flexibility index (Phi) is 5.55. The van der Waals surface area contributed by atoms with Crippen LogP contribution in [-0.2, 0) is 22.4 Å². The van der Waals surface area contributed by atoms with Crippen LogP contribution in [-0.4, -0.2) is 40.1 Å². The number of rotatable bonds is 5. The number of hydrogen-bond donors (Lipinski definition) is 0. The quantitative estimate of drug-likeness (QED) is 0.410. The van der Waals surface area contributed by atoms with Crippen LogP contribution in [0.3, 0.4) is 0 Å². The van der Waals surface area contributed by atoms with Gasteiger partial charge in [-0.15, -0.1) is 11.3 Å². The molecule has 2 aromatic carbocycles. The molecular formula is C26H25N3O5S. The van der Waals surface area contributed by atoms with Crippen molar-refractivity contribution in [3.8, 4) is 22.8 Å². The molecule has 1 saturated heterocycles. The maximum absolute atomic E-state index is 13.2. The fourth-order valence-electron chi connectivity index (χ4n) is 4.40. The zero-order valence-electron chi connectivity index (χ0n) is 19.5. The molecule has 9 heteroatoms. The summed E-state index contributed by atoms with van der Waals surface area (Å²) in [5.74, 6) is 0.744. The number of thiazole rings is 1. The molecule has 0 unspecified atom stereocenters. The standard InChI is InChI=1S/C26H25N3O5S/c1-26(2)33-21-9-8-16(12-22(21)34-26)20-15-35-23(27-20)14-29-25(30)18-7-4-3-6-17(18)19(28-29)13-24-31-10-5-11-32-24/h3-4,6-9,12,15,24H,5,10-11,13-14H2,1-2H3. The number of ether oxygens (including phenoxy) is 4. The lowest BCUT2D eigenvalue weighted by Crippen LogP contribution is -2.30. The molecule has 4 heterocycles. The minimum absolute atomic E-state index is 0.142. The highest BCUT2D eigenvalue weighted by Gasteiger charge is 2.31. The first kappa shape index (κ1) is 22.2. The average Bonchev–Trinajstić information content (AvgIpc) is 3.44. The van der Waals surface area contributed by atoms with Crippen molar-refractivity contribution in [2.24, 2.45) is 0 Å². The van der Waals surface area contributed by atoms with Gasteiger partial charge in [0.15, 0.2) is 17.8 Å². The van der Waals surface area contributed by atoms with Crippen molar-refractivity contribution in [2.75, 3.05) is 13.2 Å². The molecule has 0 spiro atoms. The first-order chi connectivity index (χ1) is 16.9. The number of benzene rings is 2. The summed E-state index contributed by atoms with van der Waals surface area (Å²) in [6.07, 6.45) is 1.02. The van der Waals surface area contributed by atoms with Crippen LogP contribution in [0.1, 0.15) is 31.0 Å². The minimum atomic E-state index is -0.678. The zero-order chi connectivity index (χ0) is 24.0. The highest BCUT2D eigenvalue weighted by molar-refractivity contribution is 7.09. The first-order valence-corrected chi connectivity index (χ1v) is 12.5. The van der Waals surface area contributed by atoms with Gasteiger partial charge in [0.25, 0.3) is 5.56 Å². The molecule has 0 N–H and O–H groups in total. The number of hydrogen-bond acceptors (Lipinski definition) is 8. The topological polar surface area (TPSA) is 84.7 Å². The van der Waals surface area contributed by atoms with E-state index in [0.717, 1.165) is 39.5 Å². The molecule has 0 saturated carbocycles. The highest BCUT2D eigenvalue weighted by Crippen LogP contribution is 2.41. The van der Waals surface area contributed by atoms with Gasteiger partial charge in [0.05, 0.1) is 36.5 Å². The summed E-state index contributed by atoms with van der Waals surface area (Å²) in [5, 5.41) is 8.94. The average molecular weight is 492 g/mol. The lowest BCUT2D eigenvalue weighted by Gasteiger charge is -2.23. The van der Waals surface area contributed by atoms with E-state index < -0.39 is 5.79 Å². The van der Waals surface area contributed by atoms with Gasteiger partial charge in [0.2, 0.25) is 5.79 Å². The van der Waals surface area contributed by atoms with Crippen LogP contribution in [0.4, 0.5) is 0 Å².